The molecule has 4 rings (SSSR count). The maximum absolute atomic E-state index is 12.3. The second-order valence-electron chi connectivity index (χ2n) is 6.61. The summed E-state index contributed by atoms with van der Waals surface area (Å²) in [4.78, 5) is 12.3. The number of hydrogen-bond donors (Lipinski definition) is 1. The molecule has 0 saturated carbocycles. The van der Waals surface area contributed by atoms with Gasteiger partial charge in [0.25, 0.3) is 5.91 Å². The second-order valence-corrected chi connectivity index (χ2v) is 6.61. The van der Waals surface area contributed by atoms with Crippen molar-refractivity contribution in [3.63, 3.8) is 0 Å². The molecular formula is C23H21N3O2. The Morgan fingerprint density at radius 2 is 1.79 bits per heavy atom. The van der Waals surface area contributed by atoms with Crippen molar-refractivity contribution in [1.29, 1.82) is 0 Å². The number of nitrogens with one attached hydrogen (secondary N) is 1. The summed E-state index contributed by atoms with van der Waals surface area (Å²) in [5.74, 6) is 1.14. The number of hydrogen-bond acceptors (Lipinski definition) is 3. The Bertz CT molecular complexity index is 1110. The molecule has 0 radical (unpaired) electrons. The van der Waals surface area contributed by atoms with Gasteiger partial charge in [-0.1, -0.05) is 60.7 Å². The smallest absolute Gasteiger partial charge is 0.263 e. The summed E-state index contributed by atoms with van der Waals surface area (Å²) in [6, 6.07) is 23.9. The highest BCUT2D eigenvalue weighted by Gasteiger charge is 2.10. The van der Waals surface area contributed by atoms with Gasteiger partial charge in [0, 0.05) is 6.07 Å². The van der Waals surface area contributed by atoms with E-state index in [1.54, 1.807) is 16.9 Å². The molecule has 4 aromatic rings. The lowest BCUT2D eigenvalue weighted by atomic mass is 10.0. The standard InChI is InChI=1S/C23H21N3O2/c1-17-7-2-5-12-21(17)28-16-23(27)25-22-13-14-24-26(22)15-19-10-6-9-18-8-3-4-11-20(18)19/h2-14H,15-16H2,1H3,(H,25,27). The number of anilines is 1. The van der Waals surface area contributed by atoms with Gasteiger partial charge in [-0.2, -0.15) is 5.10 Å². The molecular weight excluding hydrogens is 350 g/mol. The lowest BCUT2D eigenvalue weighted by molar-refractivity contribution is -0.118. The molecule has 5 heteroatoms. The molecule has 5 nitrogen and oxygen atoms in total. The average molecular weight is 371 g/mol. The summed E-state index contributed by atoms with van der Waals surface area (Å²) in [6.07, 6.45) is 1.68. The molecule has 0 aliphatic rings. The number of nitrogens with zero attached hydrogens (tertiary/aromatic N) is 2. The number of amides is 1. The molecule has 140 valence electrons. The third-order valence-electron chi connectivity index (χ3n) is 4.64. The predicted octanol–water partition coefficient (Wildman–Crippen LogP) is 4.41. The highest BCUT2D eigenvalue weighted by atomic mass is 16.5. The molecule has 0 bridgehead atoms. The summed E-state index contributed by atoms with van der Waals surface area (Å²) < 4.78 is 7.41. The molecule has 0 atom stereocenters. The maximum atomic E-state index is 12.3. The molecule has 1 heterocycles. The first-order chi connectivity index (χ1) is 13.7. The second kappa shape index (κ2) is 7.96. The number of carbonyl (C=O) groups excluding carboxylic acids is 1. The summed E-state index contributed by atoms with van der Waals surface area (Å²) >= 11 is 0. The van der Waals surface area contributed by atoms with Crippen molar-refractivity contribution >= 4 is 22.5 Å². The number of ether oxygens (including phenoxy) is 1. The summed E-state index contributed by atoms with van der Waals surface area (Å²) in [5, 5.41) is 9.62. The minimum absolute atomic E-state index is 0.0513. The minimum atomic E-state index is -0.220. The van der Waals surface area contributed by atoms with Gasteiger partial charge in [-0.05, 0) is 34.9 Å². The Labute approximate surface area is 163 Å². The van der Waals surface area contributed by atoms with Gasteiger partial charge in [-0.3, -0.25) is 4.79 Å². The Morgan fingerprint density at radius 3 is 2.68 bits per heavy atom. The lowest BCUT2D eigenvalue weighted by Gasteiger charge is -2.12. The molecule has 0 unspecified atom stereocenters. The molecule has 0 spiro atoms. The fourth-order valence-corrected chi connectivity index (χ4v) is 3.20. The van der Waals surface area contributed by atoms with E-state index >= 15 is 0 Å². The average Bonchev–Trinajstić information content (AvgIpc) is 3.14. The first-order valence-electron chi connectivity index (χ1n) is 9.17. The van der Waals surface area contributed by atoms with E-state index in [4.69, 9.17) is 4.74 Å². The number of rotatable bonds is 6. The van der Waals surface area contributed by atoms with E-state index in [2.05, 4.69) is 34.7 Å². The van der Waals surface area contributed by atoms with Crippen LogP contribution in [0.2, 0.25) is 0 Å². The van der Waals surface area contributed by atoms with Gasteiger partial charge in [-0.15, -0.1) is 0 Å². The molecule has 28 heavy (non-hydrogen) atoms. The molecule has 0 fully saturated rings. The Morgan fingerprint density at radius 1 is 1.00 bits per heavy atom. The zero-order valence-electron chi connectivity index (χ0n) is 15.6. The van der Waals surface area contributed by atoms with Crippen LogP contribution in [0.3, 0.4) is 0 Å². The van der Waals surface area contributed by atoms with Crippen molar-refractivity contribution in [3.05, 3.63) is 90.1 Å². The van der Waals surface area contributed by atoms with Crippen LogP contribution in [-0.4, -0.2) is 22.3 Å². The number of fused-ring (bicyclic) bond motifs is 1. The monoisotopic (exact) mass is 371 g/mol. The van der Waals surface area contributed by atoms with Crippen LogP contribution in [-0.2, 0) is 11.3 Å². The molecule has 3 aromatic carbocycles. The van der Waals surface area contributed by atoms with Crippen molar-refractivity contribution in [2.45, 2.75) is 13.5 Å². The van der Waals surface area contributed by atoms with Gasteiger partial charge in [0.1, 0.15) is 11.6 Å². The van der Waals surface area contributed by atoms with Gasteiger partial charge in [0.05, 0.1) is 12.7 Å². The quantitative estimate of drug-likeness (QED) is 0.546. The fourth-order valence-electron chi connectivity index (χ4n) is 3.20. The van der Waals surface area contributed by atoms with Crippen LogP contribution in [0.5, 0.6) is 5.75 Å². The van der Waals surface area contributed by atoms with Gasteiger partial charge in [0.15, 0.2) is 6.61 Å². The molecule has 1 amide bonds. The topological polar surface area (TPSA) is 56.1 Å². The number of aryl methyl sites for hydroxylation is 1. The van der Waals surface area contributed by atoms with Gasteiger partial charge >= 0.3 is 0 Å². The highest BCUT2D eigenvalue weighted by molar-refractivity contribution is 5.91. The fraction of sp³-hybridized carbons (Fsp3) is 0.130. The first kappa shape index (κ1) is 17.8. The summed E-state index contributed by atoms with van der Waals surface area (Å²) in [7, 11) is 0. The van der Waals surface area contributed by atoms with Crippen LogP contribution in [0.4, 0.5) is 5.82 Å². The van der Waals surface area contributed by atoms with E-state index in [1.165, 1.54) is 10.8 Å². The van der Waals surface area contributed by atoms with Crippen LogP contribution >= 0.6 is 0 Å². The van der Waals surface area contributed by atoms with Gasteiger partial charge in [-0.25, -0.2) is 4.68 Å². The minimum Gasteiger partial charge on any atom is -0.483 e. The SMILES string of the molecule is Cc1ccccc1OCC(=O)Nc1ccnn1Cc1cccc2ccccc12. The number of carbonyl (C=O) groups is 1. The normalized spacial score (nSPS) is 10.8. The Hall–Kier alpha value is -3.60. The molecule has 1 N–H and O–H groups in total. The van der Waals surface area contributed by atoms with Crippen LogP contribution in [0, 0.1) is 6.92 Å². The molecule has 0 saturated heterocycles. The third kappa shape index (κ3) is 3.88. The molecule has 0 aliphatic carbocycles. The van der Waals surface area contributed by atoms with E-state index < -0.39 is 0 Å². The molecule has 0 aliphatic heterocycles. The summed E-state index contributed by atoms with van der Waals surface area (Å²) in [6.45, 7) is 2.47. The number of aromatic nitrogens is 2. The van der Waals surface area contributed by atoms with Crippen molar-refractivity contribution in [2.24, 2.45) is 0 Å². The van der Waals surface area contributed by atoms with Gasteiger partial charge in [0.2, 0.25) is 0 Å². The van der Waals surface area contributed by atoms with Crippen LogP contribution in [0.15, 0.2) is 79.0 Å². The van der Waals surface area contributed by atoms with Crippen molar-refractivity contribution in [3.8, 4) is 5.75 Å². The van der Waals surface area contributed by atoms with E-state index in [-0.39, 0.29) is 12.5 Å². The summed E-state index contributed by atoms with van der Waals surface area (Å²) in [5.41, 5.74) is 2.14. The number of para-hydroxylation sites is 1. The Balaban J connectivity index is 1.45. The van der Waals surface area contributed by atoms with E-state index in [0.717, 1.165) is 11.1 Å². The zero-order chi connectivity index (χ0) is 19.3. The molecule has 1 aromatic heterocycles. The predicted molar refractivity (Wildman–Crippen MR) is 111 cm³/mol. The van der Waals surface area contributed by atoms with Crippen LogP contribution in [0.25, 0.3) is 10.8 Å². The number of benzene rings is 3. The van der Waals surface area contributed by atoms with Crippen LogP contribution < -0.4 is 10.1 Å². The van der Waals surface area contributed by atoms with Crippen molar-refractivity contribution in [2.75, 3.05) is 11.9 Å². The van der Waals surface area contributed by atoms with Crippen molar-refractivity contribution < 1.29 is 9.53 Å². The van der Waals surface area contributed by atoms with E-state index in [9.17, 15) is 4.79 Å². The zero-order valence-corrected chi connectivity index (χ0v) is 15.6. The van der Waals surface area contributed by atoms with E-state index in [0.29, 0.717) is 18.1 Å². The van der Waals surface area contributed by atoms with Gasteiger partial charge < -0.3 is 10.1 Å². The lowest BCUT2D eigenvalue weighted by Crippen LogP contribution is -2.22. The largest absolute Gasteiger partial charge is 0.483 e. The maximum Gasteiger partial charge on any atom is 0.263 e. The van der Waals surface area contributed by atoms with Crippen LogP contribution in [0.1, 0.15) is 11.1 Å². The Kier molecular flexibility index (Phi) is 5.06. The first-order valence-corrected chi connectivity index (χ1v) is 9.17. The highest BCUT2D eigenvalue weighted by Crippen LogP contribution is 2.21. The van der Waals surface area contributed by atoms with E-state index in [1.807, 2.05) is 49.4 Å². The van der Waals surface area contributed by atoms with Crippen molar-refractivity contribution in [1.82, 2.24) is 9.78 Å². The third-order valence-corrected chi connectivity index (χ3v) is 4.64.